The van der Waals surface area contributed by atoms with Crippen LogP contribution in [0, 0.1) is 0 Å². The van der Waals surface area contributed by atoms with Gasteiger partial charge in [-0.15, -0.1) is 0 Å². The van der Waals surface area contributed by atoms with Gasteiger partial charge in [-0.05, 0) is 65.4 Å². The van der Waals surface area contributed by atoms with Crippen LogP contribution in [0.15, 0.2) is 115 Å². The molecule has 0 N–H and O–H groups in total. The number of para-hydroxylation sites is 1. The Hall–Kier alpha value is -3.58. The highest BCUT2D eigenvalue weighted by molar-refractivity contribution is 5.91. The predicted molar refractivity (Wildman–Crippen MR) is 137 cm³/mol. The third-order valence-electron chi connectivity index (χ3n) is 6.38. The van der Waals surface area contributed by atoms with Crippen molar-refractivity contribution in [1.82, 2.24) is 0 Å². The van der Waals surface area contributed by atoms with Gasteiger partial charge in [-0.3, -0.25) is 0 Å². The van der Waals surface area contributed by atoms with Gasteiger partial charge in [0.15, 0.2) is 0 Å². The molecule has 158 valence electrons. The molecule has 0 radical (unpaired) electrons. The zero-order valence-electron chi connectivity index (χ0n) is 18.4. The summed E-state index contributed by atoms with van der Waals surface area (Å²) in [4.78, 5) is 2.54. The highest BCUT2D eigenvalue weighted by Gasteiger charge is 2.24. The minimum absolute atomic E-state index is 0.586. The zero-order valence-corrected chi connectivity index (χ0v) is 18.4. The highest BCUT2D eigenvalue weighted by atomic mass is 15.2. The van der Waals surface area contributed by atoms with Crippen molar-refractivity contribution in [2.75, 3.05) is 4.90 Å². The molecule has 5 rings (SSSR count). The van der Waals surface area contributed by atoms with Gasteiger partial charge in [0.25, 0.3) is 0 Å². The first-order valence-corrected chi connectivity index (χ1v) is 11.7. The standard InChI is InChI=1S/C31H29N/c1-4-12-26(13-5-1)31(27-14-6-2-7-15-27)24-25-20-22-30(23-21-25)32(29-18-10-11-19-29)28-16-8-3-9-17-28/h1-9,12-17,20-24,29H,10-11,18-19H2. The third kappa shape index (κ3) is 4.53. The fourth-order valence-corrected chi connectivity index (χ4v) is 4.79. The van der Waals surface area contributed by atoms with E-state index < -0.39 is 0 Å². The maximum Gasteiger partial charge on any atom is 0.0413 e. The van der Waals surface area contributed by atoms with E-state index in [1.54, 1.807) is 0 Å². The summed E-state index contributed by atoms with van der Waals surface area (Å²) >= 11 is 0. The Morgan fingerprint density at radius 3 is 1.56 bits per heavy atom. The number of anilines is 2. The molecule has 1 aliphatic rings. The van der Waals surface area contributed by atoms with Crippen LogP contribution in [0.5, 0.6) is 0 Å². The monoisotopic (exact) mass is 415 g/mol. The van der Waals surface area contributed by atoms with Gasteiger partial charge in [0, 0.05) is 17.4 Å². The van der Waals surface area contributed by atoms with Crippen LogP contribution >= 0.6 is 0 Å². The second kappa shape index (κ2) is 9.70. The molecule has 0 amide bonds. The van der Waals surface area contributed by atoms with Crippen LogP contribution < -0.4 is 4.90 Å². The molecule has 4 aromatic carbocycles. The Morgan fingerprint density at radius 1 is 0.562 bits per heavy atom. The van der Waals surface area contributed by atoms with Gasteiger partial charge in [0.1, 0.15) is 0 Å². The number of benzene rings is 4. The summed E-state index contributed by atoms with van der Waals surface area (Å²) in [6.07, 6.45) is 7.49. The normalized spacial score (nSPS) is 13.6. The van der Waals surface area contributed by atoms with Gasteiger partial charge in [-0.25, -0.2) is 0 Å². The topological polar surface area (TPSA) is 3.24 Å². The number of rotatable bonds is 6. The Bertz CT molecular complexity index is 1100. The van der Waals surface area contributed by atoms with Crippen molar-refractivity contribution < 1.29 is 0 Å². The molecule has 1 saturated carbocycles. The molecule has 0 bridgehead atoms. The molecular weight excluding hydrogens is 386 g/mol. The van der Waals surface area contributed by atoms with Gasteiger partial charge in [0.2, 0.25) is 0 Å². The van der Waals surface area contributed by atoms with E-state index in [0.29, 0.717) is 6.04 Å². The minimum atomic E-state index is 0.586. The van der Waals surface area contributed by atoms with Crippen LogP contribution in [0.1, 0.15) is 42.4 Å². The lowest BCUT2D eigenvalue weighted by Crippen LogP contribution is -2.28. The molecule has 1 heteroatoms. The van der Waals surface area contributed by atoms with E-state index >= 15 is 0 Å². The van der Waals surface area contributed by atoms with Crippen molar-refractivity contribution in [3.63, 3.8) is 0 Å². The van der Waals surface area contributed by atoms with Crippen molar-refractivity contribution in [2.24, 2.45) is 0 Å². The Morgan fingerprint density at radius 2 is 1.03 bits per heavy atom. The Kier molecular flexibility index (Phi) is 6.16. The van der Waals surface area contributed by atoms with Crippen molar-refractivity contribution in [3.05, 3.63) is 132 Å². The van der Waals surface area contributed by atoms with Gasteiger partial charge in [-0.2, -0.15) is 0 Å². The van der Waals surface area contributed by atoms with E-state index in [9.17, 15) is 0 Å². The fourth-order valence-electron chi connectivity index (χ4n) is 4.79. The van der Waals surface area contributed by atoms with Gasteiger partial charge < -0.3 is 4.90 Å². The summed E-state index contributed by atoms with van der Waals surface area (Å²) in [6, 6.07) is 41.8. The van der Waals surface area contributed by atoms with Crippen LogP contribution in [-0.2, 0) is 0 Å². The van der Waals surface area contributed by atoms with Crippen molar-refractivity contribution in [3.8, 4) is 0 Å². The summed E-state index contributed by atoms with van der Waals surface area (Å²) in [5, 5.41) is 0. The fraction of sp³-hybridized carbons (Fsp3) is 0.161. The van der Waals surface area contributed by atoms with Crippen LogP contribution in [-0.4, -0.2) is 6.04 Å². The minimum Gasteiger partial charge on any atom is -0.338 e. The van der Waals surface area contributed by atoms with E-state index in [0.717, 1.165) is 0 Å². The number of nitrogens with zero attached hydrogens (tertiary/aromatic N) is 1. The molecule has 32 heavy (non-hydrogen) atoms. The molecule has 1 fully saturated rings. The number of hydrogen-bond donors (Lipinski definition) is 0. The first kappa shape index (κ1) is 20.3. The van der Waals surface area contributed by atoms with Gasteiger partial charge in [0.05, 0.1) is 0 Å². The second-order valence-electron chi connectivity index (χ2n) is 8.53. The molecule has 0 saturated heterocycles. The lowest BCUT2D eigenvalue weighted by molar-refractivity contribution is 0.677. The predicted octanol–water partition coefficient (Wildman–Crippen LogP) is 8.36. The number of hydrogen-bond acceptors (Lipinski definition) is 1. The van der Waals surface area contributed by atoms with Crippen molar-refractivity contribution in [1.29, 1.82) is 0 Å². The van der Waals surface area contributed by atoms with Crippen LogP contribution in [0.3, 0.4) is 0 Å². The van der Waals surface area contributed by atoms with Crippen molar-refractivity contribution >= 4 is 23.0 Å². The molecular formula is C31H29N. The molecule has 0 unspecified atom stereocenters. The summed E-state index contributed by atoms with van der Waals surface area (Å²) < 4.78 is 0. The lowest BCUT2D eigenvalue weighted by atomic mass is 9.95. The average molecular weight is 416 g/mol. The van der Waals surface area contributed by atoms with Crippen molar-refractivity contribution in [2.45, 2.75) is 31.7 Å². The SMILES string of the molecule is C(=C(c1ccccc1)c1ccccc1)c1ccc(N(c2ccccc2)C2CCCC2)cc1. The average Bonchev–Trinajstić information content (AvgIpc) is 3.40. The maximum atomic E-state index is 2.54. The summed E-state index contributed by atoms with van der Waals surface area (Å²) in [5.74, 6) is 0. The Labute approximate surface area is 191 Å². The first-order valence-electron chi connectivity index (χ1n) is 11.7. The van der Waals surface area contributed by atoms with Crippen LogP contribution in [0.4, 0.5) is 11.4 Å². The van der Waals surface area contributed by atoms with Gasteiger partial charge >= 0.3 is 0 Å². The molecule has 0 atom stereocenters. The molecule has 1 nitrogen and oxygen atoms in total. The second-order valence-corrected chi connectivity index (χ2v) is 8.53. The summed E-state index contributed by atoms with van der Waals surface area (Å²) in [6.45, 7) is 0. The molecule has 4 aromatic rings. The van der Waals surface area contributed by atoms with Gasteiger partial charge in [-0.1, -0.05) is 104 Å². The molecule has 0 aromatic heterocycles. The zero-order chi connectivity index (χ0) is 21.6. The van der Waals surface area contributed by atoms with Crippen LogP contribution in [0.2, 0.25) is 0 Å². The summed E-state index contributed by atoms with van der Waals surface area (Å²) in [7, 11) is 0. The largest absolute Gasteiger partial charge is 0.338 e. The molecule has 0 aliphatic heterocycles. The van der Waals surface area contributed by atoms with E-state index in [1.807, 2.05) is 0 Å². The molecule has 0 spiro atoms. The Balaban J connectivity index is 1.50. The quantitative estimate of drug-likeness (QED) is 0.286. The highest BCUT2D eigenvalue weighted by Crippen LogP contribution is 2.35. The third-order valence-corrected chi connectivity index (χ3v) is 6.38. The van der Waals surface area contributed by atoms with E-state index in [2.05, 4.69) is 126 Å². The lowest BCUT2D eigenvalue weighted by Gasteiger charge is -2.31. The van der Waals surface area contributed by atoms with Crippen LogP contribution in [0.25, 0.3) is 11.6 Å². The summed E-state index contributed by atoms with van der Waals surface area (Å²) in [5.41, 5.74) is 7.50. The molecule has 1 aliphatic carbocycles. The van der Waals surface area contributed by atoms with E-state index in [4.69, 9.17) is 0 Å². The van der Waals surface area contributed by atoms with E-state index in [-0.39, 0.29) is 0 Å². The molecule has 0 heterocycles. The first-order chi connectivity index (χ1) is 15.9. The smallest absolute Gasteiger partial charge is 0.0413 e. The van der Waals surface area contributed by atoms with E-state index in [1.165, 1.54) is 59.3 Å². The maximum absolute atomic E-state index is 2.54.